The molecule has 0 heterocycles. The number of aliphatic hydroxyl groups is 3. The third-order valence-corrected chi connectivity index (χ3v) is 1.17. The van der Waals surface area contributed by atoms with Gasteiger partial charge in [0.1, 0.15) is 0 Å². The van der Waals surface area contributed by atoms with Gasteiger partial charge in [-0.05, 0) is 19.3 Å². The molecule has 3 nitrogen and oxygen atoms in total. The highest BCUT2D eigenvalue weighted by Crippen LogP contribution is 2.08. The number of rotatable bonds is 5. The predicted molar refractivity (Wildman–Crippen MR) is 38.1 cm³/mol. The first-order valence-electron chi connectivity index (χ1n) is 3.34. The predicted octanol–water partition coefficient (Wildman–Crippen LogP) is 0.363. The molecule has 0 unspecified atom stereocenters. The normalized spacial score (nSPS) is 11.5. The number of hydrogen-bond donors (Lipinski definition) is 3. The largest absolute Gasteiger partial charge is 0.344 e. The summed E-state index contributed by atoms with van der Waals surface area (Å²) in [5.74, 6) is -2.48. The molecule has 0 aliphatic carbocycles. The molecule has 0 aliphatic heterocycles. The standard InChI is InChI=1S/C7H14O3/c1-2-3-4-5-6-7(8,9)10/h2,8-10H,1,3-6H2. The molecular formula is C7H14O3. The molecule has 0 aliphatic rings. The lowest BCUT2D eigenvalue weighted by Gasteiger charge is -2.12. The van der Waals surface area contributed by atoms with Crippen molar-refractivity contribution in [1.29, 1.82) is 0 Å². The first-order chi connectivity index (χ1) is 4.56. The van der Waals surface area contributed by atoms with Crippen LogP contribution >= 0.6 is 0 Å². The van der Waals surface area contributed by atoms with E-state index in [4.69, 9.17) is 15.3 Å². The molecule has 0 saturated heterocycles. The zero-order valence-corrected chi connectivity index (χ0v) is 5.95. The summed E-state index contributed by atoms with van der Waals surface area (Å²) in [5.41, 5.74) is 0. The minimum Gasteiger partial charge on any atom is -0.344 e. The number of allylic oxidation sites excluding steroid dienone is 1. The van der Waals surface area contributed by atoms with Crippen LogP contribution < -0.4 is 0 Å². The minimum absolute atomic E-state index is 0.000833. The van der Waals surface area contributed by atoms with E-state index in [0.29, 0.717) is 6.42 Å². The molecule has 0 fully saturated rings. The third-order valence-electron chi connectivity index (χ3n) is 1.17. The van der Waals surface area contributed by atoms with E-state index in [1.165, 1.54) is 0 Å². The van der Waals surface area contributed by atoms with Crippen LogP contribution in [0.25, 0.3) is 0 Å². The van der Waals surface area contributed by atoms with Crippen LogP contribution in [0.4, 0.5) is 0 Å². The van der Waals surface area contributed by atoms with Crippen LogP contribution in [0, 0.1) is 0 Å². The van der Waals surface area contributed by atoms with Gasteiger partial charge < -0.3 is 15.3 Å². The fourth-order valence-corrected chi connectivity index (χ4v) is 0.651. The van der Waals surface area contributed by atoms with Crippen molar-refractivity contribution in [3.05, 3.63) is 12.7 Å². The molecule has 0 aromatic carbocycles. The van der Waals surface area contributed by atoms with Crippen LogP contribution in [0.15, 0.2) is 12.7 Å². The van der Waals surface area contributed by atoms with Gasteiger partial charge in [-0.1, -0.05) is 6.08 Å². The lowest BCUT2D eigenvalue weighted by Crippen LogP contribution is -2.26. The smallest absolute Gasteiger partial charge is 0.275 e. The lowest BCUT2D eigenvalue weighted by atomic mass is 10.2. The van der Waals surface area contributed by atoms with Crippen molar-refractivity contribution in [3.63, 3.8) is 0 Å². The fraction of sp³-hybridized carbons (Fsp3) is 0.714. The Hall–Kier alpha value is -0.380. The summed E-state index contributed by atoms with van der Waals surface area (Å²) in [5, 5.41) is 25.2. The Kier molecular flexibility index (Phi) is 4.27. The van der Waals surface area contributed by atoms with Gasteiger partial charge in [0.05, 0.1) is 0 Å². The first kappa shape index (κ1) is 9.62. The van der Waals surface area contributed by atoms with Crippen LogP contribution in [0.1, 0.15) is 25.7 Å². The Balaban J connectivity index is 3.12. The quantitative estimate of drug-likeness (QED) is 0.298. The van der Waals surface area contributed by atoms with Crippen molar-refractivity contribution in [3.8, 4) is 0 Å². The van der Waals surface area contributed by atoms with Crippen LogP contribution in [0.2, 0.25) is 0 Å². The maximum atomic E-state index is 8.40. The highest BCUT2D eigenvalue weighted by Gasteiger charge is 2.15. The minimum atomic E-state index is -2.48. The maximum Gasteiger partial charge on any atom is 0.275 e. The molecule has 0 radical (unpaired) electrons. The fourth-order valence-electron chi connectivity index (χ4n) is 0.651. The first-order valence-corrected chi connectivity index (χ1v) is 3.34. The van der Waals surface area contributed by atoms with Gasteiger partial charge >= 0.3 is 0 Å². The van der Waals surface area contributed by atoms with Crippen LogP contribution in [0.3, 0.4) is 0 Å². The molecule has 0 rings (SSSR count). The Bertz CT molecular complexity index is 93.5. The van der Waals surface area contributed by atoms with Gasteiger partial charge in [0, 0.05) is 6.42 Å². The van der Waals surface area contributed by atoms with Gasteiger partial charge in [-0.25, -0.2) is 0 Å². The van der Waals surface area contributed by atoms with Crippen molar-refractivity contribution in [1.82, 2.24) is 0 Å². The van der Waals surface area contributed by atoms with Crippen molar-refractivity contribution in [2.45, 2.75) is 31.7 Å². The van der Waals surface area contributed by atoms with E-state index in [1.54, 1.807) is 6.08 Å². The summed E-state index contributed by atoms with van der Waals surface area (Å²) < 4.78 is 0. The second-order valence-electron chi connectivity index (χ2n) is 2.31. The van der Waals surface area contributed by atoms with Gasteiger partial charge in [-0.2, -0.15) is 0 Å². The Morgan fingerprint density at radius 1 is 1.20 bits per heavy atom. The second kappa shape index (κ2) is 4.44. The molecule has 0 atom stereocenters. The highest BCUT2D eigenvalue weighted by atomic mass is 16.7. The van der Waals surface area contributed by atoms with Crippen molar-refractivity contribution in [2.75, 3.05) is 0 Å². The van der Waals surface area contributed by atoms with E-state index in [1.807, 2.05) is 0 Å². The second-order valence-corrected chi connectivity index (χ2v) is 2.31. The van der Waals surface area contributed by atoms with E-state index < -0.39 is 5.97 Å². The molecule has 3 N–H and O–H groups in total. The highest BCUT2D eigenvalue weighted by molar-refractivity contribution is 4.65. The van der Waals surface area contributed by atoms with Gasteiger partial charge in [-0.15, -0.1) is 6.58 Å². The summed E-state index contributed by atoms with van der Waals surface area (Å²) in [6, 6.07) is 0. The van der Waals surface area contributed by atoms with E-state index in [2.05, 4.69) is 6.58 Å². The maximum absolute atomic E-state index is 8.40. The molecule has 0 amide bonds. The van der Waals surface area contributed by atoms with Crippen molar-refractivity contribution < 1.29 is 15.3 Å². The summed E-state index contributed by atoms with van der Waals surface area (Å²) in [4.78, 5) is 0. The summed E-state index contributed by atoms with van der Waals surface area (Å²) in [6.07, 6.45) is 4.02. The summed E-state index contributed by atoms with van der Waals surface area (Å²) >= 11 is 0. The zero-order valence-electron chi connectivity index (χ0n) is 5.95. The van der Waals surface area contributed by atoms with Crippen LogP contribution in [-0.4, -0.2) is 21.3 Å². The van der Waals surface area contributed by atoms with E-state index >= 15 is 0 Å². The monoisotopic (exact) mass is 146 g/mol. The average Bonchev–Trinajstić information content (AvgIpc) is 1.78. The topological polar surface area (TPSA) is 60.7 Å². The lowest BCUT2D eigenvalue weighted by molar-refractivity contribution is -0.314. The molecule has 3 heteroatoms. The molecular weight excluding hydrogens is 132 g/mol. The van der Waals surface area contributed by atoms with Crippen LogP contribution in [0.5, 0.6) is 0 Å². The van der Waals surface area contributed by atoms with E-state index in [9.17, 15) is 0 Å². The van der Waals surface area contributed by atoms with Gasteiger partial charge in [0.2, 0.25) is 0 Å². The molecule has 0 saturated carbocycles. The molecule has 0 bridgehead atoms. The molecule has 0 spiro atoms. The summed E-state index contributed by atoms with van der Waals surface area (Å²) in [6.45, 7) is 3.51. The Morgan fingerprint density at radius 3 is 2.20 bits per heavy atom. The van der Waals surface area contributed by atoms with Gasteiger partial charge in [0.25, 0.3) is 5.97 Å². The van der Waals surface area contributed by atoms with E-state index in [0.717, 1.165) is 12.8 Å². The Labute approximate surface area is 60.6 Å². The third kappa shape index (κ3) is 7.62. The average molecular weight is 146 g/mol. The SMILES string of the molecule is C=CCCCCC(O)(O)O. The molecule has 60 valence electrons. The molecule has 10 heavy (non-hydrogen) atoms. The Morgan fingerprint density at radius 2 is 1.80 bits per heavy atom. The van der Waals surface area contributed by atoms with Crippen molar-refractivity contribution >= 4 is 0 Å². The van der Waals surface area contributed by atoms with Gasteiger partial charge in [-0.3, -0.25) is 0 Å². The summed E-state index contributed by atoms with van der Waals surface area (Å²) in [7, 11) is 0. The zero-order chi connectivity index (χ0) is 8.04. The number of hydrogen-bond acceptors (Lipinski definition) is 3. The van der Waals surface area contributed by atoms with E-state index in [-0.39, 0.29) is 6.42 Å². The van der Waals surface area contributed by atoms with Crippen molar-refractivity contribution in [2.24, 2.45) is 0 Å². The molecule has 0 aromatic heterocycles. The van der Waals surface area contributed by atoms with Crippen LogP contribution in [-0.2, 0) is 0 Å². The van der Waals surface area contributed by atoms with Gasteiger partial charge in [0.15, 0.2) is 0 Å². The molecule has 0 aromatic rings. The number of unbranched alkanes of at least 4 members (excludes halogenated alkanes) is 2.